The van der Waals surface area contributed by atoms with Gasteiger partial charge >= 0.3 is 0 Å². The second kappa shape index (κ2) is 7.88. The number of methoxy groups -OCH3 is 2. The molecule has 3 atom stereocenters. The summed E-state index contributed by atoms with van der Waals surface area (Å²) in [6, 6.07) is 4.79. The van der Waals surface area contributed by atoms with E-state index < -0.39 is 6.04 Å². The summed E-state index contributed by atoms with van der Waals surface area (Å²) in [6.45, 7) is 5.89. The van der Waals surface area contributed by atoms with Crippen LogP contribution in [-0.2, 0) is 4.79 Å². The van der Waals surface area contributed by atoms with Gasteiger partial charge in [0, 0.05) is 5.56 Å². The minimum Gasteiger partial charge on any atom is -0.497 e. The number of nitrogens with two attached hydrogens (primary N) is 1. The van der Waals surface area contributed by atoms with Crippen LogP contribution in [0.25, 0.3) is 0 Å². The molecule has 5 heteroatoms. The summed E-state index contributed by atoms with van der Waals surface area (Å²) in [4.78, 5) is 12.2. The van der Waals surface area contributed by atoms with Crippen molar-refractivity contribution in [3.05, 3.63) is 23.8 Å². The topological polar surface area (TPSA) is 73.6 Å². The van der Waals surface area contributed by atoms with Gasteiger partial charge in [0.15, 0.2) is 0 Å². The summed E-state index contributed by atoms with van der Waals surface area (Å²) in [7, 11) is 3.21. The second-order valence-electron chi connectivity index (χ2n) is 5.25. The van der Waals surface area contributed by atoms with Crippen molar-refractivity contribution in [1.29, 1.82) is 0 Å². The highest BCUT2D eigenvalue weighted by Gasteiger charge is 2.22. The van der Waals surface area contributed by atoms with Crippen LogP contribution in [0.2, 0.25) is 0 Å². The van der Waals surface area contributed by atoms with E-state index in [9.17, 15) is 4.79 Å². The molecular formula is C16H26N2O3. The highest BCUT2D eigenvalue weighted by atomic mass is 16.5. The van der Waals surface area contributed by atoms with Gasteiger partial charge in [-0.25, -0.2) is 0 Å². The van der Waals surface area contributed by atoms with Crippen LogP contribution in [0.3, 0.4) is 0 Å². The van der Waals surface area contributed by atoms with Crippen LogP contribution < -0.4 is 20.5 Å². The number of hydrogen-bond acceptors (Lipinski definition) is 4. The Bertz CT molecular complexity index is 477. The van der Waals surface area contributed by atoms with Gasteiger partial charge in [-0.05, 0) is 31.0 Å². The molecule has 0 aliphatic rings. The maximum Gasteiger partial charge on any atom is 0.237 e. The first kappa shape index (κ1) is 17.3. The summed E-state index contributed by atoms with van der Waals surface area (Å²) >= 11 is 0. The van der Waals surface area contributed by atoms with Crippen molar-refractivity contribution in [3.63, 3.8) is 0 Å². The Morgan fingerprint density at radius 2 is 1.95 bits per heavy atom. The smallest absolute Gasteiger partial charge is 0.237 e. The van der Waals surface area contributed by atoms with Crippen molar-refractivity contribution < 1.29 is 14.3 Å². The molecule has 0 saturated heterocycles. The number of hydrogen-bond donors (Lipinski definition) is 2. The highest BCUT2D eigenvalue weighted by molar-refractivity contribution is 5.82. The Hall–Kier alpha value is -1.75. The predicted molar refractivity (Wildman–Crippen MR) is 83.5 cm³/mol. The molecule has 0 radical (unpaired) electrons. The monoisotopic (exact) mass is 294 g/mol. The predicted octanol–water partition coefficient (Wildman–Crippen LogP) is 2.25. The van der Waals surface area contributed by atoms with Gasteiger partial charge in [-0.15, -0.1) is 0 Å². The second-order valence-corrected chi connectivity index (χ2v) is 5.25. The van der Waals surface area contributed by atoms with Crippen LogP contribution in [0.15, 0.2) is 18.2 Å². The van der Waals surface area contributed by atoms with Crippen molar-refractivity contribution >= 4 is 5.91 Å². The van der Waals surface area contributed by atoms with E-state index in [1.807, 2.05) is 39.0 Å². The first-order chi connectivity index (χ1) is 9.94. The van der Waals surface area contributed by atoms with E-state index in [4.69, 9.17) is 15.2 Å². The lowest BCUT2D eigenvalue weighted by atomic mass is 9.98. The molecule has 3 N–H and O–H groups in total. The lowest BCUT2D eigenvalue weighted by Gasteiger charge is -2.22. The van der Waals surface area contributed by atoms with E-state index in [0.717, 1.165) is 17.7 Å². The van der Waals surface area contributed by atoms with Crippen LogP contribution >= 0.6 is 0 Å². The molecule has 0 spiro atoms. The Balaban J connectivity index is 2.88. The van der Waals surface area contributed by atoms with Crippen molar-refractivity contribution in [1.82, 2.24) is 5.32 Å². The summed E-state index contributed by atoms with van der Waals surface area (Å²) in [5, 5.41) is 2.94. The van der Waals surface area contributed by atoms with Gasteiger partial charge in [-0.2, -0.15) is 0 Å². The van der Waals surface area contributed by atoms with E-state index in [1.54, 1.807) is 14.2 Å². The first-order valence-corrected chi connectivity index (χ1v) is 7.22. The largest absolute Gasteiger partial charge is 0.497 e. The molecule has 1 amide bonds. The Morgan fingerprint density at radius 1 is 1.29 bits per heavy atom. The van der Waals surface area contributed by atoms with Crippen molar-refractivity contribution in [3.8, 4) is 11.5 Å². The molecule has 0 heterocycles. The van der Waals surface area contributed by atoms with Crippen LogP contribution in [-0.4, -0.2) is 26.2 Å². The van der Waals surface area contributed by atoms with Crippen molar-refractivity contribution in [2.24, 2.45) is 11.7 Å². The fourth-order valence-corrected chi connectivity index (χ4v) is 2.08. The molecule has 1 aromatic carbocycles. The zero-order valence-electron chi connectivity index (χ0n) is 13.5. The average Bonchev–Trinajstić information content (AvgIpc) is 2.52. The van der Waals surface area contributed by atoms with Gasteiger partial charge in [-0.3, -0.25) is 4.79 Å². The van der Waals surface area contributed by atoms with E-state index >= 15 is 0 Å². The Kier molecular flexibility index (Phi) is 6.49. The summed E-state index contributed by atoms with van der Waals surface area (Å²) in [5.41, 5.74) is 6.82. The normalized spacial score (nSPS) is 15.0. The molecule has 1 aromatic rings. The molecule has 5 nitrogen and oxygen atoms in total. The van der Waals surface area contributed by atoms with Crippen LogP contribution in [0.4, 0.5) is 0 Å². The molecule has 0 fully saturated rings. The van der Waals surface area contributed by atoms with Crippen LogP contribution in [0.5, 0.6) is 11.5 Å². The number of benzene rings is 1. The number of carbonyl (C=O) groups excluding carboxylic acids is 1. The fourth-order valence-electron chi connectivity index (χ4n) is 2.08. The van der Waals surface area contributed by atoms with E-state index in [2.05, 4.69) is 5.32 Å². The van der Waals surface area contributed by atoms with Crippen molar-refractivity contribution in [2.75, 3.05) is 14.2 Å². The lowest BCUT2D eigenvalue weighted by Crippen LogP contribution is -2.45. The summed E-state index contributed by atoms with van der Waals surface area (Å²) in [6.07, 6.45) is 0.867. The minimum atomic E-state index is -0.506. The Morgan fingerprint density at radius 3 is 2.48 bits per heavy atom. The maximum absolute atomic E-state index is 12.2. The molecule has 0 aliphatic carbocycles. The standard InChI is InChI=1S/C16H26N2O3/c1-6-10(2)15(17)16(19)18-11(3)13-9-12(20-4)7-8-14(13)21-5/h7-11,15H,6,17H2,1-5H3,(H,18,19). The number of amides is 1. The number of nitrogens with one attached hydrogen (secondary N) is 1. The van der Waals surface area contributed by atoms with Gasteiger partial charge < -0.3 is 20.5 Å². The number of rotatable bonds is 7. The Labute approximate surface area is 126 Å². The molecule has 0 aliphatic heterocycles. The average molecular weight is 294 g/mol. The lowest BCUT2D eigenvalue weighted by molar-refractivity contribution is -0.124. The number of carbonyl (C=O) groups is 1. The highest BCUT2D eigenvalue weighted by Crippen LogP contribution is 2.29. The summed E-state index contributed by atoms with van der Waals surface area (Å²) < 4.78 is 10.6. The number of ether oxygens (including phenoxy) is 2. The van der Waals surface area contributed by atoms with E-state index in [1.165, 1.54) is 0 Å². The molecule has 0 saturated carbocycles. The summed E-state index contributed by atoms with van der Waals surface area (Å²) in [5.74, 6) is 1.42. The third kappa shape index (κ3) is 4.36. The molecule has 1 rings (SSSR count). The van der Waals surface area contributed by atoms with E-state index in [0.29, 0.717) is 5.75 Å². The molecule has 3 unspecified atom stereocenters. The minimum absolute atomic E-state index is 0.143. The van der Waals surface area contributed by atoms with Crippen LogP contribution in [0.1, 0.15) is 38.8 Å². The molecule has 0 bridgehead atoms. The van der Waals surface area contributed by atoms with E-state index in [-0.39, 0.29) is 17.9 Å². The SMILES string of the molecule is CCC(C)C(N)C(=O)NC(C)c1cc(OC)ccc1OC. The van der Waals surface area contributed by atoms with Gasteiger partial charge in [0.05, 0.1) is 26.3 Å². The molecule has 118 valence electrons. The first-order valence-electron chi connectivity index (χ1n) is 7.22. The fraction of sp³-hybridized carbons (Fsp3) is 0.562. The van der Waals surface area contributed by atoms with Gasteiger partial charge in [0.25, 0.3) is 0 Å². The van der Waals surface area contributed by atoms with Gasteiger partial charge in [0.1, 0.15) is 11.5 Å². The zero-order valence-corrected chi connectivity index (χ0v) is 13.5. The molecular weight excluding hydrogens is 268 g/mol. The third-order valence-corrected chi connectivity index (χ3v) is 3.82. The molecule has 0 aromatic heterocycles. The third-order valence-electron chi connectivity index (χ3n) is 3.82. The van der Waals surface area contributed by atoms with Gasteiger partial charge in [-0.1, -0.05) is 20.3 Å². The zero-order chi connectivity index (χ0) is 16.0. The quantitative estimate of drug-likeness (QED) is 0.809. The maximum atomic E-state index is 12.2. The van der Waals surface area contributed by atoms with Crippen LogP contribution in [0, 0.1) is 5.92 Å². The van der Waals surface area contributed by atoms with Crippen molar-refractivity contribution in [2.45, 2.75) is 39.3 Å². The van der Waals surface area contributed by atoms with Gasteiger partial charge in [0.2, 0.25) is 5.91 Å². The molecule has 21 heavy (non-hydrogen) atoms.